The Morgan fingerprint density at radius 2 is 1.75 bits per heavy atom. The first kappa shape index (κ1) is 23.9. The Kier molecular flexibility index (Phi) is 6.39. The zero-order valence-electron chi connectivity index (χ0n) is 20.9. The molecule has 2 heterocycles. The van der Waals surface area contributed by atoms with E-state index >= 15 is 0 Å². The number of carbonyl (C=O) groups is 2. The number of fused-ring (bicyclic) bond motifs is 1. The summed E-state index contributed by atoms with van der Waals surface area (Å²) >= 11 is 0. The topological polar surface area (TPSA) is 91.2 Å². The third kappa shape index (κ3) is 4.53. The monoisotopic (exact) mass is 484 g/mol. The second-order valence-corrected chi connectivity index (χ2v) is 10.2. The maximum atomic E-state index is 13.5. The van der Waals surface area contributed by atoms with Crippen LogP contribution >= 0.6 is 0 Å². The van der Waals surface area contributed by atoms with E-state index < -0.39 is 5.97 Å². The van der Waals surface area contributed by atoms with Crippen LogP contribution < -0.4 is 4.90 Å². The van der Waals surface area contributed by atoms with Crippen LogP contribution in [0.15, 0.2) is 60.8 Å². The molecular weight excluding hydrogens is 452 g/mol. The van der Waals surface area contributed by atoms with Crippen LogP contribution in [0.4, 0.5) is 5.82 Å². The number of nitrogens with zero attached hydrogens (tertiary/aromatic N) is 3. The van der Waals surface area contributed by atoms with E-state index in [0.29, 0.717) is 5.92 Å². The van der Waals surface area contributed by atoms with Crippen LogP contribution in [0.3, 0.4) is 0 Å². The Bertz CT molecular complexity index is 1360. The number of carbonyl (C=O) groups excluding carboxylic acids is 1. The minimum Gasteiger partial charge on any atom is -0.477 e. The number of anilines is 1. The average molecular weight is 485 g/mol. The molecular formula is C29H32N4O3. The normalized spacial score (nSPS) is 18.0. The Hall–Kier alpha value is -3.87. The van der Waals surface area contributed by atoms with Gasteiger partial charge in [0.05, 0.1) is 5.69 Å². The molecule has 0 atom stereocenters. The molecule has 1 fully saturated rings. The number of hydrogen-bond donors (Lipinski definition) is 2. The molecule has 0 spiro atoms. The molecule has 0 aliphatic heterocycles. The smallest absolute Gasteiger partial charge is 0.341 e. The fourth-order valence-electron chi connectivity index (χ4n) is 5.16. The number of benzene rings is 2. The molecule has 4 aromatic rings. The Morgan fingerprint density at radius 3 is 2.39 bits per heavy atom. The van der Waals surface area contributed by atoms with Gasteiger partial charge in [0.1, 0.15) is 5.56 Å². The molecule has 36 heavy (non-hydrogen) atoms. The Morgan fingerprint density at radius 1 is 1.06 bits per heavy atom. The highest BCUT2D eigenvalue weighted by Crippen LogP contribution is 2.33. The Labute approximate surface area is 210 Å². The number of hydrogen-bond acceptors (Lipinski definition) is 3. The average Bonchev–Trinajstić information content (AvgIpc) is 3.49. The standard InChI is InChI=1S/C29H32N4O3/c1-18(2)33(28(34)21-10-8-19(3)9-11-21)27-24(29(35)36)17-32(31-27)23-14-12-20(13-15-23)26-16-22-6-4-5-7-25(22)30-26/h4-7,12-19,21,30H,8-11H2,1-3H3,(H,35,36). The van der Waals surface area contributed by atoms with Crippen LogP contribution in [0.25, 0.3) is 27.8 Å². The van der Waals surface area contributed by atoms with Crippen molar-refractivity contribution in [3.8, 4) is 16.9 Å². The number of aromatic carboxylic acids is 1. The van der Waals surface area contributed by atoms with Crippen molar-refractivity contribution in [2.24, 2.45) is 11.8 Å². The van der Waals surface area contributed by atoms with Crippen LogP contribution in [0.1, 0.15) is 56.8 Å². The summed E-state index contributed by atoms with van der Waals surface area (Å²) in [4.78, 5) is 30.7. The number of aromatic amines is 1. The summed E-state index contributed by atoms with van der Waals surface area (Å²) < 4.78 is 1.55. The number of carboxylic acid groups (broad SMARTS) is 1. The molecule has 7 nitrogen and oxygen atoms in total. The van der Waals surface area contributed by atoms with Crippen molar-refractivity contribution >= 4 is 28.6 Å². The maximum absolute atomic E-state index is 13.5. The highest BCUT2D eigenvalue weighted by molar-refractivity contribution is 6.01. The molecule has 0 radical (unpaired) electrons. The van der Waals surface area contributed by atoms with E-state index in [1.165, 1.54) is 6.20 Å². The van der Waals surface area contributed by atoms with Crippen molar-refractivity contribution in [1.29, 1.82) is 0 Å². The molecule has 1 aliphatic carbocycles. The number of H-pyrrole nitrogens is 1. The van der Waals surface area contributed by atoms with E-state index in [9.17, 15) is 14.7 Å². The molecule has 5 rings (SSSR count). The summed E-state index contributed by atoms with van der Waals surface area (Å²) in [5, 5.41) is 15.7. The van der Waals surface area contributed by atoms with Crippen LogP contribution in [-0.2, 0) is 4.79 Å². The quantitative estimate of drug-likeness (QED) is 0.337. The third-order valence-corrected chi connectivity index (χ3v) is 7.25. The molecule has 1 amide bonds. The van der Waals surface area contributed by atoms with Gasteiger partial charge >= 0.3 is 5.97 Å². The predicted octanol–water partition coefficient (Wildman–Crippen LogP) is 6.29. The van der Waals surface area contributed by atoms with Gasteiger partial charge in [-0.15, -0.1) is 5.10 Å². The van der Waals surface area contributed by atoms with Crippen molar-refractivity contribution < 1.29 is 14.7 Å². The van der Waals surface area contributed by atoms with Gasteiger partial charge in [-0.3, -0.25) is 9.69 Å². The zero-order chi connectivity index (χ0) is 25.4. The molecule has 186 valence electrons. The molecule has 0 unspecified atom stereocenters. The summed E-state index contributed by atoms with van der Waals surface area (Å²) in [6, 6.07) is 17.8. The lowest BCUT2D eigenvalue weighted by atomic mass is 9.82. The summed E-state index contributed by atoms with van der Waals surface area (Å²) in [5.41, 5.74) is 3.86. The van der Waals surface area contributed by atoms with Gasteiger partial charge in [0.15, 0.2) is 5.82 Å². The van der Waals surface area contributed by atoms with Gasteiger partial charge in [-0.05, 0) is 75.3 Å². The fourth-order valence-corrected chi connectivity index (χ4v) is 5.16. The highest BCUT2D eigenvalue weighted by atomic mass is 16.4. The minimum absolute atomic E-state index is 0.0286. The fraction of sp³-hybridized carbons (Fsp3) is 0.345. The summed E-state index contributed by atoms with van der Waals surface area (Å²) in [7, 11) is 0. The van der Waals surface area contributed by atoms with Gasteiger partial charge in [0.25, 0.3) is 0 Å². The first-order valence-corrected chi connectivity index (χ1v) is 12.7. The number of rotatable bonds is 6. The third-order valence-electron chi connectivity index (χ3n) is 7.25. The molecule has 0 bridgehead atoms. The van der Waals surface area contributed by atoms with E-state index in [1.807, 2.05) is 56.3 Å². The lowest BCUT2D eigenvalue weighted by molar-refractivity contribution is -0.123. The lowest BCUT2D eigenvalue weighted by Crippen LogP contribution is -2.43. The molecule has 2 aromatic heterocycles. The summed E-state index contributed by atoms with van der Waals surface area (Å²) in [5.74, 6) is -0.380. The molecule has 1 aliphatic rings. The van der Waals surface area contributed by atoms with Gasteiger partial charge < -0.3 is 10.1 Å². The maximum Gasteiger partial charge on any atom is 0.341 e. The number of amides is 1. The minimum atomic E-state index is -1.10. The first-order chi connectivity index (χ1) is 17.3. The predicted molar refractivity (Wildman–Crippen MR) is 142 cm³/mol. The van der Waals surface area contributed by atoms with Crippen LogP contribution in [0.5, 0.6) is 0 Å². The van der Waals surface area contributed by atoms with E-state index in [2.05, 4.69) is 29.1 Å². The van der Waals surface area contributed by atoms with Gasteiger partial charge in [0.2, 0.25) is 5.91 Å². The molecule has 1 saturated carbocycles. The molecule has 7 heteroatoms. The van der Waals surface area contributed by atoms with Crippen LogP contribution in [0.2, 0.25) is 0 Å². The first-order valence-electron chi connectivity index (χ1n) is 12.7. The van der Waals surface area contributed by atoms with Crippen LogP contribution in [-0.4, -0.2) is 37.8 Å². The molecule has 0 saturated heterocycles. The lowest BCUT2D eigenvalue weighted by Gasteiger charge is -2.32. The van der Waals surface area contributed by atoms with Gasteiger partial charge in [-0.2, -0.15) is 0 Å². The highest BCUT2D eigenvalue weighted by Gasteiger charge is 2.34. The SMILES string of the molecule is CC1CCC(C(=O)N(c2nn(-c3ccc(-c4cc5ccccc5[nH]4)cc3)cc2C(=O)O)C(C)C)CC1. The Balaban J connectivity index is 1.46. The van der Waals surface area contributed by atoms with Gasteiger partial charge in [-0.25, -0.2) is 9.48 Å². The van der Waals surface area contributed by atoms with Crippen molar-refractivity contribution in [2.45, 2.75) is 52.5 Å². The molecule has 2 N–H and O–H groups in total. The second kappa shape index (κ2) is 9.64. The van der Waals surface area contributed by atoms with E-state index in [4.69, 9.17) is 0 Å². The number of carboxylic acids is 1. The van der Waals surface area contributed by atoms with Crippen molar-refractivity contribution in [2.75, 3.05) is 4.90 Å². The zero-order valence-corrected chi connectivity index (χ0v) is 20.9. The summed E-state index contributed by atoms with van der Waals surface area (Å²) in [6.07, 6.45) is 5.21. The number of para-hydroxylation sites is 1. The van der Waals surface area contributed by atoms with E-state index in [1.54, 1.807) is 9.58 Å². The van der Waals surface area contributed by atoms with Crippen molar-refractivity contribution in [3.63, 3.8) is 0 Å². The summed E-state index contributed by atoms with van der Waals surface area (Å²) in [6.45, 7) is 6.03. The molecule has 2 aromatic carbocycles. The van der Waals surface area contributed by atoms with Crippen LogP contribution in [0, 0.1) is 11.8 Å². The van der Waals surface area contributed by atoms with E-state index in [-0.39, 0.29) is 29.2 Å². The van der Waals surface area contributed by atoms with E-state index in [0.717, 1.165) is 53.5 Å². The second-order valence-electron chi connectivity index (χ2n) is 10.2. The van der Waals surface area contributed by atoms with Gasteiger partial charge in [-0.1, -0.05) is 37.3 Å². The largest absolute Gasteiger partial charge is 0.477 e. The number of aromatic nitrogens is 3. The number of nitrogens with one attached hydrogen (secondary N) is 1. The van der Waals surface area contributed by atoms with Crippen molar-refractivity contribution in [1.82, 2.24) is 14.8 Å². The van der Waals surface area contributed by atoms with Crippen molar-refractivity contribution in [3.05, 3.63) is 66.4 Å². The van der Waals surface area contributed by atoms with Gasteiger partial charge in [0, 0.05) is 34.8 Å².